The number of hydrogen-bond donors (Lipinski definition) is 1. The average Bonchev–Trinajstić information content (AvgIpc) is 2.45. The maximum Gasteiger partial charge on any atom is 0.148 e. The summed E-state index contributed by atoms with van der Waals surface area (Å²) in [6.07, 6.45) is 1.24. The second-order valence-corrected chi connectivity index (χ2v) is 7.56. The molecule has 1 atom stereocenters. The fraction of sp³-hybridized carbons (Fsp3) is 0.556. The molecule has 0 radical (unpaired) electrons. The molecule has 86 valence electrons. The van der Waals surface area contributed by atoms with Crippen LogP contribution in [-0.2, 0) is 16.4 Å². The summed E-state index contributed by atoms with van der Waals surface area (Å²) in [6.45, 7) is 2.52. The standard InChI is InChI=1S/C9H14ClNO2S2/c1-7(6-15(2,12)13)11-5-8-3-4-9(10)14-8/h3-4,7,11H,5-6H2,1-2H3. The van der Waals surface area contributed by atoms with Gasteiger partial charge in [-0.05, 0) is 19.1 Å². The highest BCUT2D eigenvalue weighted by atomic mass is 35.5. The van der Waals surface area contributed by atoms with E-state index in [2.05, 4.69) is 5.32 Å². The largest absolute Gasteiger partial charge is 0.308 e. The minimum absolute atomic E-state index is 0.0409. The molecular formula is C9H14ClNO2S2. The molecule has 6 heteroatoms. The van der Waals surface area contributed by atoms with Crippen molar-refractivity contribution in [3.8, 4) is 0 Å². The lowest BCUT2D eigenvalue weighted by Gasteiger charge is -2.11. The van der Waals surface area contributed by atoms with Crippen molar-refractivity contribution in [2.45, 2.75) is 19.5 Å². The van der Waals surface area contributed by atoms with Gasteiger partial charge in [-0.15, -0.1) is 11.3 Å². The van der Waals surface area contributed by atoms with E-state index in [0.29, 0.717) is 6.54 Å². The highest BCUT2D eigenvalue weighted by molar-refractivity contribution is 7.90. The SMILES string of the molecule is CC(CS(C)(=O)=O)NCc1ccc(Cl)s1. The van der Waals surface area contributed by atoms with Gasteiger partial charge in [0.2, 0.25) is 0 Å². The lowest BCUT2D eigenvalue weighted by atomic mass is 10.3. The Morgan fingerprint density at radius 1 is 1.53 bits per heavy atom. The van der Waals surface area contributed by atoms with Gasteiger partial charge < -0.3 is 5.32 Å². The lowest BCUT2D eigenvalue weighted by Crippen LogP contribution is -2.31. The maximum atomic E-state index is 11.0. The summed E-state index contributed by atoms with van der Waals surface area (Å²) < 4.78 is 22.7. The first kappa shape index (κ1) is 13.0. The third-order valence-electron chi connectivity index (χ3n) is 1.81. The van der Waals surface area contributed by atoms with E-state index < -0.39 is 9.84 Å². The molecule has 15 heavy (non-hydrogen) atoms. The summed E-state index contributed by atoms with van der Waals surface area (Å²) in [4.78, 5) is 1.11. The predicted octanol–water partition coefficient (Wildman–Crippen LogP) is 1.92. The molecule has 0 aliphatic rings. The van der Waals surface area contributed by atoms with E-state index >= 15 is 0 Å². The zero-order valence-electron chi connectivity index (χ0n) is 8.66. The van der Waals surface area contributed by atoms with Gasteiger partial charge in [0.25, 0.3) is 0 Å². The smallest absolute Gasteiger partial charge is 0.148 e. The summed E-state index contributed by atoms with van der Waals surface area (Å²) in [7, 11) is -2.91. The second kappa shape index (κ2) is 5.30. The third-order valence-corrected chi connectivity index (χ3v) is 4.14. The Hall–Kier alpha value is -0.100. The molecule has 0 spiro atoms. The van der Waals surface area contributed by atoms with E-state index in [1.807, 2.05) is 19.1 Å². The fourth-order valence-electron chi connectivity index (χ4n) is 1.23. The van der Waals surface area contributed by atoms with E-state index in [4.69, 9.17) is 11.6 Å². The molecule has 0 aliphatic heterocycles. The van der Waals surface area contributed by atoms with Gasteiger partial charge in [0, 0.05) is 23.7 Å². The van der Waals surface area contributed by atoms with Crippen LogP contribution in [0.25, 0.3) is 0 Å². The van der Waals surface area contributed by atoms with Crippen molar-refractivity contribution in [3.05, 3.63) is 21.3 Å². The van der Waals surface area contributed by atoms with Gasteiger partial charge in [0.1, 0.15) is 9.84 Å². The normalized spacial score (nSPS) is 14.1. The van der Waals surface area contributed by atoms with E-state index in [1.54, 1.807) is 0 Å². The molecule has 0 aromatic carbocycles. The Bertz CT molecular complexity index is 414. The quantitative estimate of drug-likeness (QED) is 0.887. The van der Waals surface area contributed by atoms with Gasteiger partial charge in [0.05, 0.1) is 10.1 Å². The van der Waals surface area contributed by atoms with Crippen LogP contribution in [-0.4, -0.2) is 26.5 Å². The molecule has 1 unspecified atom stereocenters. The van der Waals surface area contributed by atoms with Crippen molar-refractivity contribution < 1.29 is 8.42 Å². The number of nitrogens with one attached hydrogen (secondary N) is 1. The van der Waals surface area contributed by atoms with Crippen LogP contribution in [0.1, 0.15) is 11.8 Å². The Balaban J connectivity index is 2.37. The number of hydrogen-bond acceptors (Lipinski definition) is 4. The molecule has 0 amide bonds. The van der Waals surface area contributed by atoms with Gasteiger partial charge in [-0.1, -0.05) is 11.6 Å². The van der Waals surface area contributed by atoms with Crippen LogP contribution in [0.15, 0.2) is 12.1 Å². The van der Waals surface area contributed by atoms with Crippen LogP contribution in [0.5, 0.6) is 0 Å². The Morgan fingerprint density at radius 3 is 2.67 bits per heavy atom. The topological polar surface area (TPSA) is 46.2 Å². The van der Waals surface area contributed by atoms with Gasteiger partial charge in [0.15, 0.2) is 0 Å². The zero-order valence-corrected chi connectivity index (χ0v) is 11.0. The number of halogens is 1. The Morgan fingerprint density at radius 2 is 2.20 bits per heavy atom. The molecule has 1 N–H and O–H groups in total. The number of sulfone groups is 1. The predicted molar refractivity (Wildman–Crippen MR) is 65.3 cm³/mol. The van der Waals surface area contributed by atoms with E-state index in [1.165, 1.54) is 17.6 Å². The van der Waals surface area contributed by atoms with E-state index in [0.717, 1.165) is 9.21 Å². The summed E-state index contributed by atoms with van der Waals surface area (Å²) in [6, 6.07) is 3.73. The molecule has 1 aromatic heterocycles. The van der Waals surface area contributed by atoms with E-state index in [-0.39, 0.29) is 11.8 Å². The molecule has 0 saturated heterocycles. The highest BCUT2D eigenvalue weighted by Gasteiger charge is 2.09. The monoisotopic (exact) mass is 267 g/mol. The molecule has 1 heterocycles. The van der Waals surface area contributed by atoms with Gasteiger partial charge in [-0.25, -0.2) is 8.42 Å². The lowest BCUT2D eigenvalue weighted by molar-refractivity contribution is 0.562. The maximum absolute atomic E-state index is 11.0. The molecule has 0 aliphatic carbocycles. The van der Waals surface area contributed by atoms with Crippen molar-refractivity contribution in [2.75, 3.05) is 12.0 Å². The Labute approximate surface area is 99.4 Å². The molecule has 1 aromatic rings. The zero-order chi connectivity index (χ0) is 11.5. The minimum atomic E-state index is -2.91. The molecule has 1 rings (SSSR count). The summed E-state index contributed by atoms with van der Waals surface area (Å²) in [5.41, 5.74) is 0. The van der Waals surface area contributed by atoms with Gasteiger partial charge >= 0.3 is 0 Å². The summed E-state index contributed by atoms with van der Waals surface area (Å²) >= 11 is 7.28. The molecule has 0 saturated carbocycles. The van der Waals surface area contributed by atoms with Crippen LogP contribution < -0.4 is 5.32 Å². The second-order valence-electron chi connectivity index (χ2n) is 3.58. The fourth-order valence-corrected chi connectivity index (χ4v) is 3.30. The minimum Gasteiger partial charge on any atom is -0.308 e. The number of rotatable bonds is 5. The first-order chi connectivity index (χ1) is 6.87. The van der Waals surface area contributed by atoms with Crippen LogP contribution in [0.2, 0.25) is 4.34 Å². The van der Waals surface area contributed by atoms with Crippen molar-refractivity contribution in [3.63, 3.8) is 0 Å². The average molecular weight is 268 g/mol. The van der Waals surface area contributed by atoms with Crippen molar-refractivity contribution in [1.29, 1.82) is 0 Å². The molecule has 3 nitrogen and oxygen atoms in total. The molecule has 0 fully saturated rings. The summed E-state index contributed by atoms with van der Waals surface area (Å²) in [5, 5.41) is 3.14. The molecular weight excluding hydrogens is 254 g/mol. The number of thiophene rings is 1. The van der Waals surface area contributed by atoms with E-state index in [9.17, 15) is 8.42 Å². The van der Waals surface area contributed by atoms with Gasteiger partial charge in [-0.3, -0.25) is 0 Å². The van der Waals surface area contributed by atoms with Crippen LogP contribution in [0.3, 0.4) is 0 Å². The van der Waals surface area contributed by atoms with Crippen LogP contribution in [0.4, 0.5) is 0 Å². The summed E-state index contributed by atoms with van der Waals surface area (Å²) in [5.74, 6) is 0.159. The van der Waals surface area contributed by atoms with Crippen molar-refractivity contribution in [2.24, 2.45) is 0 Å². The third kappa shape index (κ3) is 5.51. The first-order valence-electron chi connectivity index (χ1n) is 4.52. The first-order valence-corrected chi connectivity index (χ1v) is 7.77. The van der Waals surface area contributed by atoms with Crippen LogP contribution in [0, 0.1) is 0 Å². The Kier molecular flexibility index (Phi) is 4.58. The van der Waals surface area contributed by atoms with Crippen molar-refractivity contribution >= 4 is 32.8 Å². The highest BCUT2D eigenvalue weighted by Crippen LogP contribution is 2.21. The van der Waals surface area contributed by atoms with Gasteiger partial charge in [-0.2, -0.15) is 0 Å². The molecule has 0 bridgehead atoms. The van der Waals surface area contributed by atoms with Crippen LogP contribution >= 0.6 is 22.9 Å². The van der Waals surface area contributed by atoms with Crippen molar-refractivity contribution in [1.82, 2.24) is 5.32 Å².